The number of nitrogens with one attached hydrogen (secondary N) is 1. The fourth-order valence-corrected chi connectivity index (χ4v) is 3.84. The van der Waals surface area contributed by atoms with Crippen LogP contribution in [-0.2, 0) is 9.53 Å². The topological polar surface area (TPSA) is 78.8 Å². The van der Waals surface area contributed by atoms with E-state index in [1.807, 2.05) is 11.4 Å². The van der Waals surface area contributed by atoms with Crippen LogP contribution in [0.5, 0.6) is 11.5 Å². The minimum Gasteiger partial charge on any atom is -0.493 e. The van der Waals surface area contributed by atoms with Gasteiger partial charge in [0.2, 0.25) is 5.91 Å². The Hall–Kier alpha value is -3.00. The van der Waals surface area contributed by atoms with Gasteiger partial charge < -0.3 is 24.1 Å². The lowest BCUT2D eigenvalue weighted by molar-refractivity contribution is -0.118. The van der Waals surface area contributed by atoms with Crippen LogP contribution in [0.15, 0.2) is 35.7 Å². The second-order valence-corrected chi connectivity index (χ2v) is 6.70. The Balaban J connectivity index is 1.91. The minimum absolute atomic E-state index is 0.265. The normalized spacial score (nSPS) is 11.9. The SMILES string of the molecule is COC(=O)c1cc2ccsc2n1[C@H](C)C(=O)Nc1ccc(OC)c(OC)c1. The third-order valence-electron chi connectivity index (χ3n) is 4.26. The van der Waals surface area contributed by atoms with Gasteiger partial charge in [-0.15, -0.1) is 11.3 Å². The van der Waals surface area contributed by atoms with Crippen LogP contribution >= 0.6 is 11.3 Å². The molecule has 0 aliphatic carbocycles. The van der Waals surface area contributed by atoms with Gasteiger partial charge in [-0.05, 0) is 36.6 Å². The number of anilines is 1. The van der Waals surface area contributed by atoms with Crippen molar-refractivity contribution in [3.05, 3.63) is 41.4 Å². The fraction of sp³-hybridized carbons (Fsp3) is 0.263. The number of hydrogen-bond acceptors (Lipinski definition) is 6. The molecule has 7 nitrogen and oxygen atoms in total. The Morgan fingerprint density at radius 3 is 2.48 bits per heavy atom. The summed E-state index contributed by atoms with van der Waals surface area (Å²) in [5.74, 6) is 0.337. The van der Waals surface area contributed by atoms with Crippen molar-refractivity contribution in [2.45, 2.75) is 13.0 Å². The van der Waals surface area contributed by atoms with E-state index in [9.17, 15) is 9.59 Å². The van der Waals surface area contributed by atoms with Crippen molar-refractivity contribution in [2.75, 3.05) is 26.6 Å². The fourth-order valence-electron chi connectivity index (χ4n) is 2.87. The summed E-state index contributed by atoms with van der Waals surface area (Å²) in [5, 5.41) is 5.67. The highest BCUT2D eigenvalue weighted by Gasteiger charge is 2.25. The number of hydrogen-bond donors (Lipinski definition) is 1. The molecule has 1 amide bonds. The maximum absolute atomic E-state index is 12.8. The van der Waals surface area contributed by atoms with Crippen LogP contribution in [0.1, 0.15) is 23.5 Å². The number of methoxy groups -OCH3 is 3. The quantitative estimate of drug-likeness (QED) is 0.652. The third kappa shape index (κ3) is 3.48. The van der Waals surface area contributed by atoms with Gasteiger partial charge in [0.15, 0.2) is 11.5 Å². The van der Waals surface area contributed by atoms with Crippen molar-refractivity contribution in [1.29, 1.82) is 0 Å². The van der Waals surface area contributed by atoms with E-state index in [0.29, 0.717) is 22.9 Å². The second kappa shape index (κ2) is 7.71. The Kier molecular flexibility index (Phi) is 5.36. The van der Waals surface area contributed by atoms with Gasteiger partial charge in [0.25, 0.3) is 0 Å². The molecular formula is C19H20N2O5S. The number of ether oxygens (including phenoxy) is 3. The maximum atomic E-state index is 12.8. The first-order valence-electron chi connectivity index (χ1n) is 8.19. The van der Waals surface area contributed by atoms with E-state index < -0.39 is 12.0 Å². The predicted octanol–water partition coefficient (Wildman–Crippen LogP) is 3.71. The molecule has 0 unspecified atom stereocenters. The lowest BCUT2D eigenvalue weighted by atomic mass is 10.2. The van der Waals surface area contributed by atoms with Gasteiger partial charge in [-0.1, -0.05) is 0 Å². The Bertz CT molecular complexity index is 991. The number of carbonyl (C=O) groups excluding carboxylic acids is 2. The Morgan fingerprint density at radius 2 is 1.81 bits per heavy atom. The first-order valence-corrected chi connectivity index (χ1v) is 9.07. The zero-order valence-corrected chi connectivity index (χ0v) is 16.3. The average Bonchev–Trinajstić information content (AvgIpc) is 3.27. The largest absolute Gasteiger partial charge is 0.493 e. The van der Waals surface area contributed by atoms with E-state index in [1.54, 1.807) is 42.9 Å². The monoisotopic (exact) mass is 388 g/mol. The standard InChI is InChI=1S/C19H20N2O5S/c1-11(17(22)20-13-5-6-15(24-2)16(10-13)25-3)21-14(19(23)26-4)9-12-7-8-27-18(12)21/h5-11H,1-4H3,(H,20,22)/t11-/m1/s1. The van der Waals surface area contributed by atoms with Gasteiger partial charge in [0.05, 0.1) is 21.3 Å². The summed E-state index contributed by atoms with van der Waals surface area (Å²) in [6.07, 6.45) is 0. The number of esters is 1. The van der Waals surface area contributed by atoms with Gasteiger partial charge in [0.1, 0.15) is 16.6 Å². The van der Waals surface area contributed by atoms with Crippen LogP contribution in [0.2, 0.25) is 0 Å². The molecule has 1 aromatic carbocycles. The molecule has 2 heterocycles. The Morgan fingerprint density at radius 1 is 1.07 bits per heavy atom. The number of amides is 1. The van der Waals surface area contributed by atoms with Crippen molar-refractivity contribution in [3.63, 3.8) is 0 Å². The molecule has 0 aliphatic heterocycles. The average molecular weight is 388 g/mol. The Labute approximate surface area is 160 Å². The second-order valence-electron chi connectivity index (χ2n) is 5.81. The molecule has 0 saturated heterocycles. The van der Waals surface area contributed by atoms with E-state index in [0.717, 1.165) is 10.2 Å². The molecule has 0 radical (unpaired) electrons. The summed E-state index contributed by atoms with van der Waals surface area (Å²) < 4.78 is 17.0. The van der Waals surface area contributed by atoms with Gasteiger partial charge >= 0.3 is 5.97 Å². The summed E-state index contributed by atoms with van der Waals surface area (Å²) in [5.41, 5.74) is 0.910. The van der Waals surface area contributed by atoms with Crippen LogP contribution in [0.4, 0.5) is 5.69 Å². The predicted molar refractivity (Wildman–Crippen MR) is 104 cm³/mol. The molecule has 8 heteroatoms. The van der Waals surface area contributed by atoms with Crippen LogP contribution in [0.3, 0.4) is 0 Å². The smallest absolute Gasteiger partial charge is 0.354 e. The van der Waals surface area contributed by atoms with E-state index >= 15 is 0 Å². The number of rotatable bonds is 6. The van der Waals surface area contributed by atoms with Crippen LogP contribution < -0.4 is 14.8 Å². The highest BCUT2D eigenvalue weighted by molar-refractivity contribution is 7.16. The molecule has 2 aromatic heterocycles. The number of thiophene rings is 1. The van der Waals surface area contributed by atoms with E-state index in [4.69, 9.17) is 14.2 Å². The van der Waals surface area contributed by atoms with Gasteiger partial charge in [-0.2, -0.15) is 0 Å². The van der Waals surface area contributed by atoms with Crippen molar-refractivity contribution >= 4 is 39.1 Å². The van der Waals surface area contributed by atoms with Crippen molar-refractivity contribution in [1.82, 2.24) is 4.57 Å². The molecule has 3 rings (SSSR count). The first-order chi connectivity index (χ1) is 13.0. The first kappa shape index (κ1) is 18.8. The molecule has 1 N–H and O–H groups in total. The summed E-state index contributed by atoms with van der Waals surface area (Å²) in [4.78, 5) is 25.8. The number of aromatic nitrogens is 1. The number of benzene rings is 1. The lowest BCUT2D eigenvalue weighted by Crippen LogP contribution is -2.26. The molecule has 0 saturated carbocycles. The lowest BCUT2D eigenvalue weighted by Gasteiger charge is -2.18. The highest BCUT2D eigenvalue weighted by Crippen LogP contribution is 2.32. The molecular weight excluding hydrogens is 368 g/mol. The summed E-state index contributed by atoms with van der Waals surface area (Å²) in [6.45, 7) is 1.74. The third-order valence-corrected chi connectivity index (χ3v) is 5.18. The molecule has 0 spiro atoms. The highest BCUT2D eigenvalue weighted by atomic mass is 32.1. The van der Waals surface area contributed by atoms with Gasteiger partial charge in [-0.25, -0.2) is 4.79 Å². The van der Waals surface area contributed by atoms with Gasteiger partial charge in [-0.3, -0.25) is 4.79 Å². The van der Waals surface area contributed by atoms with E-state index in [2.05, 4.69) is 5.32 Å². The number of fused-ring (bicyclic) bond motifs is 1. The minimum atomic E-state index is -0.622. The van der Waals surface area contributed by atoms with Crippen LogP contribution in [0.25, 0.3) is 10.2 Å². The summed E-state index contributed by atoms with van der Waals surface area (Å²) >= 11 is 1.46. The molecule has 3 aromatic rings. The molecule has 142 valence electrons. The zero-order chi connectivity index (χ0) is 19.6. The molecule has 0 bridgehead atoms. The van der Waals surface area contributed by atoms with Gasteiger partial charge in [0, 0.05) is 17.1 Å². The van der Waals surface area contributed by atoms with Crippen LogP contribution in [0, 0.1) is 0 Å². The number of nitrogens with zero attached hydrogens (tertiary/aromatic N) is 1. The molecule has 0 aliphatic rings. The van der Waals surface area contributed by atoms with Crippen molar-refractivity contribution < 1.29 is 23.8 Å². The van der Waals surface area contributed by atoms with Crippen LogP contribution in [-0.4, -0.2) is 37.8 Å². The van der Waals surface area contributed by atoms with E-state index in [-0.39, 0.29) is 5.91 Å². The zero-order valence-electron chi connectivity index (χ0n) is 15.4. The summed E-state index contributed by atoms with van der Waals surface area (Å²) in [6, 6.07) is 8.14. The van der Waals surface area contributed by atoms with Crippen molar-refractivity contribution in [3.8, 4) is 11.5 Å². The van der Waals surface area contributed by atoms with Crippen molar-refractivity contribution in [2.24, 2.45) is 0 Å². The molecule has 0 fully saturated rings. The number of carbonyl (C=O) groups is 2. The molecule has 1 atom stereocenters. The van der Waals surface area contributed by atoms with E-state index in [1.165, 1.54) is 25.6 Å². The summed E-state index contributed by atoms with van der Waals surface area (Å²) in [7, 11) is 4.40. The maximum Gasteiger partial charge on any atom is 0.354 e. The molecule has 27 heavy (non-hydrogen) atoms.